The molecule has 1 aromatic carbocycles. The number of methoxy groups -OCH3 is 1. The van der Waals surface area contributed by atoms with Crippen molar-refractivity contribution >= 4 is 5.91 Å². The number of ether oxygens (including phenoxy) is 1. The SMILES string of the molecule is CCC1(N)CN(C(=O)c2c(F)cccc2OC)C1. The molecule has 1 saturated heterocycles. The molecule has 1 aliphatic rings. The van der Waals surface area contributed by atoms with Crippen LogP contribution in [0.1, 0.15) is 23.7 Å². The van der Waals surface area contributed by atoms with E-state index >= 15 is 0 Å². The van der Waals surface area contributed by atoms with Crippen LogP contribution in [0.2, 0.25) is 0 Å². The zero-order valence-electron chi connectivity index (χ0n) is 10.6. The number of benzene rings is 1. The molecule has 98 valence electrons. The summed E-state index contributed by atoms with van der Waals surface area (Å²) >= 11 is 0. The van der Waals surface area contributed by atoms with Gasteiger partial charge in [0.15, 0.2) is 0 Å². The van der Waals surface area contributed by atoms with E-state index in [0.717, 1.165) is 6.42 Å². The zero-order chi connectivity index (χ0) is 13.3. The van der Waals surface area contributed by atoms with Crippen molar-refractivity contribution in [2.75, 3.05) is 20.2 Å². The highest BCUT2D eigenvalue weighted by molar-refractivity contribution is 5.97. The molecule has 1 fully saturated rings. The Morgan fingerprint density at radius 1 is 1.56 bits per heavy atom. The lowest BCUT2D eigenvalue weighted by Gasteiger charge is -2.47. The van der Waals surface area contributed by atoms with Gasteiger partial charge in [0.1, 0.15) is 17.1 Å². The second-order valence-corrected chi connectivity index (χ2v) is 4.69. The van der Waals surface area contributed by atoms with Crippen LogP contribution < -0.4 is 10.5 Å². The first-order chi connectivity index (χ1) is 8.50. The van der Waals surface area contributed by atoms with Crippen LogP contribution in [-0.4, -0.2) is 36.5 Å². The molecule has 1 amide bonds. The first kappa shape index (κ1) is 12.8. The third-order valence-electron chi connectivity index (χ3n) is 3.41. The van der Waals surface area contributed by atoms with Crippen LogP contribution in [0.3, 0.4) is 0 Å². The minimum Gasteiger partial charge on any atom is -0.496 e. The zero-order valence-corrected chi connectivity index (χ0v) is 10.6. The average Bonchev–Trinajstić information content (AvgIpc) is 2.33. The number of hydrogen-bond acceptors (Lipinski definition) is 3. The van der Waals surface area contributed by atoms with E-state index in [2.05, 4.69) is 0 Å². The minimum absolute atomic E-state index is 0.0156. The summed E-state index contributed by atoms with van der Waals surface area (Å²) in [5.41, 5.74) is 5.66. The van der Waals surface area contributed by atoms with Crippen molar-refractivity contribution in [3.8, 4) is 5.75 Å². The Bertz CT molecular complexity index is 470. The topological polar surface area (TPSA) is 55.6 Å². The van der Waals surface area contributed by atoms with Crippen molar-refractivity contribution in [1.29, 1.82) is 0 Å². The number of nitrogens with two attached hydrogens (primary N) is 1. The van der Waals surface area contributed by atoms with Gasteiger partial charge in [-0.1, -0.05) is 13.0 Å². The number of hydrogen-bond donors (Lipinski definition) is 1. The lowest BCUT2D eigenvalue weighted by atomic mass is 9.87. The Morgan fingerprint density at radius 3 is 2.78 bits per heavy atom. The van der Waals surface area contributed by atoms with Crippen LogP contribution in [-0.2, 0) is 0 Å². The van der Waals surface area contributed by atoms with Gasteiger partial charge >= 0.3 is 0 Å². The van der Waals surface area contributed by atoms with Crippen molar-refractivity contribution < 1.29 is 13.9 Å². The van der Waals surface area contributed by atoms with E-state index in [1.807, 2.05) is 6.92 Å². The number of halogens is 1. The maximum Gasteiger partial charge on any atom is 0.260 e. The van der Waals surface area contributed by atoms with E-state index in [9.17, 15) is 9.18 Å². The van der Waals surface area contributed by atoms with Gasteiger partial charge in [-0.15, -0.1) is 0 Å². The monoisotopic (exact) mass is 252 g/mol. The molecule has 0 atom stereocenters. The van der Waals surface area contributed by atoms with Gasteiger partial charge in [-0.2, -0.15) is 0 Å². The van der Waals surface area contributed by atoms with Crippen LogP contribution >= 0.6 is 0 Å². The van der Waals surface area contributed by atoms with Crippen LogP contribution in [0.5, 0.6) is 5.75 Å². The first-order valence-corrected chi connectivity index (χ1v) is 5.91. The van der Waals surface area contributed by atoms with Gasteiger partial charge in [-0.3, -0.25) is 4.79 Å². The van der Waals surface area contributed by atoms with Crippen molar-refractivity contribution in [3.63, 3.8) is 0 Å². The summed E-state index contributed by atoms with van der Waals surface area (Å²) in [6.45, 7) is 2.89. The largest absolute Gasteiger partial charge is 0.496 e. The minimum atomic E-state index is -0.564. The Hall–Kier alpha value is -1.62. The predicted molar refractivity (Wildman–Crippen MR) is 66.1 cm³/mol. The van der Waals surface area contributed by atoms with E-state index in [-0.39, 0.29) is 22.8 Å². The van der Waals surface area contributed by atoms with Crippen molar-refractivity contribution in [1.82, 2.24) is 4.90 Å². The number of carbonyl (C=O) groups excluding carboxylic acids is 1. The molecule has 0 saturated carbocycles. The summed E-state index contributed by atoms with van der Waals surface area (Å²) in [4.78, 5) is 13.7. The Kier molecular flexibility index (Phi) is 3.26. The number of nitrogens with zero attached hydrogens (tertiary/aromatic N) is 1. The maximum atomic E-state index is 13.7. The molecule has 0 unspecified atom stereocenters. The molecule has 1 aliphatic heterocycles. The predicted octanol–water partition coefficient (Wildman–Crippen LogP) is 1.40. The van der Waals surface area contributed by atoms with E-state index in [4.69, 9.17) is 10.5 Å². The fourth-order valence-electron chi connectivity index (χ4n) is 2.12. The molecule has 0 aliphatic carbocycles. The second kappa shape index (κ2) is 4.57. The standard InChI is InChI=1S/C13H17FN2O2/c1-3-13(15)7-16(8-13)12(17)11-9(14)5-4-6-10(11)18-2/h4-6H,3,7-8,15H2,1-2H3. The van der Waals surface area contributed by atoms with Gasteiger partial charge in [-0.05, 0) is 18.6 Å². The third kappa shape index (κ3) is 2.06. The summed E-state index contributed by atoms with van der Waals surface area (Å²) in [5.74, 6) is -0.670. The Labute approximate surface area is 106 Å². The molecule has 0 spiro atoms. The fourth-order valence-corrected chi connectivity index (χ4v) is 2.12. The molecule has 1 heterocycles. The average molecular weight is 252 g/mol. The summed E-state index contributed by atoms with van der Waals surface area (Å²) in [6, 6.07) is 4.34. The molecule has 18 heavy (non-hydrogen) atoms. The molecule has 1 aromatic rings. The molecule has 0 bridgehead atoms. The molecular weight excluding hydrogens is 235 g/mol. The molecule has 0 aromatic heterocycles. The number of carbonyl (C=O) groups is 1. The van der Waals surface area contributed by atoms with E-state index in [1.54, 1.807) is 11.0 Å². The van der Waals surface area contributed by atoms with Crippen molar-refractivity contribution in [2.24, 2.45) is 5.73 Å². The number of amides is 1. The smallest absolute Gasteiger partial charge is 0.260 e. The van der Waals surface area contributed by atoms with Crippen LogP contribution in [0.4, 0.5) is 4.39 Å². The molecule has 2 rings (SSSR count). The van der Waals surface area contributed by atoms with Gasteiger partial charge < -0.3 is 15.4 Å². The van der Waals surface area contributed by atoms with E-state index in [1.165, 1.54) is 19.2 Å². The van der Waals surface area contributed by atoms with Gasteiger partial charge in [0, 0.05) is 13.1 Å². The molecule has 0 radical (unpaired) electrons. The molecular formula is C13H17FN2O2. The third-order valence-corrected chi connectivity index (χ3v) is 3.41. The molecule has 4 nitrogen and oxygen atoms in total. The molecule has 5 heteroatoms. The van der Waals surface area contributed by atoms with Crippen LogP contribution in [0, 0.1) is 5.82 Å². The van der Waals surface area contributed by atoms with Crippen molar-refractivity contribution in [3.05, 3.63) is 29.6 Å². The Morgan fingerprint density at radius 2 is 2.22 bits per heavy atom. The highest BCUT2D eigenvalue weighted by Gasteiger charge is 2.41. The second-order valence-electron chi connectivity index (χ2n) is 4.69. The quantitative estimate of drug-likeness (QED) is 0.884. The highest BCUT2D eigenvalue weighted by atomic mass is 19.1. The summed E-state index contributed by atoms with van der Waals surface area (Å²) in [5, 5.41) is 0. The van der Waals surface area contributed by atoms with Gasteiger partial charge in [-0.25, -0.2) is 4.39 Å². The van der Waals surface area contributed by atoms with Crippen molar-refractivity contribution in [2.45, 2.75) is 18.9 Å². The van der Waals surface area contributed by atoms with E-state index in [0.29, 0.717) is 13.1 Å². The lowest BCUT2D eigenvalue weighted by molar-refractivity contribution is 0.0393. The van der Waals surface area contributed by atoms with Crippen LogP contribution in [0.15, 0.2) is 18.2 Å². The normalized spacial score (nSPS) is 17.2. The van der Waals surface area contributed by atoms with Crippen LogP contribution in [0.25, 0.3) is 0 Å². The highest BCUT2D eigenvalue weighted by Crippen LogP contribution is 2.28. The summed E-state index contributed by atoms with van der Waals surface area (Å²) in [6.07, 6.45) is 0.797. The fraction of sp³-hybridized carbons (Fsp3) is 0.462. The Balaban J connectivity index is 2.21. The number of rotatable bonds is 3. The van der Waals surface area contributed by atoms with E-state index < -0.39 is 5.82 Å². The van der Waals surface area contributed by atoms with Gasteiger partial charge in [0.05, 0.1) is 12.6 Å². The summed E-state index contributed by atoms with van der Waals surface area (Å²) in [7, 11) is 1.42. The van der Waals surface area contributed by atoms with Gasteiger partial charge in [0.2, 0.25) is 0 Å². The summed E-state index contributed by atoms with van der Waals surface area (Å²) < 4.78 is 18.7. The first-order valence-electron chi connectivity index (χ1n) is 5.91. The maximum absolute atomic E-state index is 13.7. The lowest BCUT2D eigenvalue weighted by Crippen LogP contribution is -2.68. The molecule has 2 N–H and O–H groups in total. The van der Waals surface area contributed by atoms with Gasteiger partial charge in [0.25, 0.3) is 5.91 Å². The number of likely N-dealkylation sites (tertiary alicyclic amines) is 1.